The molecule has 6 heteroatoms. The second-order valence-electron chi connectivity index (χ2n) is 2.04. The maximum absolute atomic E-state index is 12.2. The lowest BCUT2D eigenvalue weighted by atomic mass is 10.2. The molecular weight excluding hydrogens is 300 g/mol. The van der Waals surface area contributed by atoms with Crippen molar-refractivity contribution in [3.05, 3.63) is 20.5 Å². The summed E-state index contributed by atoms with van der Waals surface area (Å²) >= 11 is 7.29. The van der Waals surface area contributed by atoms with E-state index in [2.05, 4.69) is 4.98 Å². The highest BCUT2D eigenvalue weighted by molar-refractivity contribution is 14.1. The molecule has 0 saturated heterocycles. The van der Waals surface area contributed by atoms with E-state index in [0.29, 0.717) is 3.70 Å². The van der Waals surface area contributed by atoms with Crippen LogP contribution in [0.4, 0.5) is 14.5 Å². The van der Waals surface area contributed by atoms with Gasteiger partial charge in [-0.25, -0.2) is 13.8 Å². The van der Waals surface area contributed by atoms with Crippen molar-refractivity contribution in [2.45, 2.75) is 6.43 Å². The molecule has 0 atom stereocenters. The Kier molecular flexibility index (Phi) is 3.05. The summed E-state index contributed by atoms with van der Waals surface area (Å²) in [4.78, 5) is 3.71. The second-order valence-corrected chi connectivity index (χ2v) is 3.50. The fourth-order valence-corrected chi connectivity index (χ4v) is 1.61. The molecule has 1 aromatic heterocycles. The predicted molar refractivity (Wildman–Crippen MR) is 51.3 cm³/mol. The molecule has 0 bridgehead atoms. The van der Waals surface area contributed by atoms with Crippen LogP contribution in [-0.4, -0.2) is 4.98 Å². The maximum Gasteiger partial charge on any atom is 0.266 e. The predicted octanol–water partition coefficient (Wildman–Crippen LogP) is 2.86. The Morgan fingerprint density at radius 3 is 2.67 bits per heavy atom. The molecule has 2 N–H and O–H groups in total. The zero-order valence-electron chi connectivity index (χ0n) is 5.69. The molecular formula is C6H4ClF2IN2. The van der Waals surface area contributed by atoms with E-state index in [1.165, 1.54) is 6.07 Å². The standard InChI is InChI=1S/C6H4ClF2IN2/c7-5-4(11)2(6(8)9)1-3(10)12-5/h1,6H,11H2. The number of nitrogen functional groups attached to an aromatic ring is 1. The average Bonchev–Trinajstić information content (AvgIpc) is 1.96. The fourth-order valence-electron chi connectivity index (χ4n) is 0.692. The van der Waals surface area contributed by atoms with Gasteiger partial charge >= 0.3 is 0 Å². The molecule has 0 aliphatic rings. The largest absolute Gasteiger partial charge is 0.396 e. The summed E-state index contributed by atoms with van der Waals surface area (Å²) in [5, 5.41) is -0.0720. The van der Waals surface area contributed by atoms with Gasteiger partial charge in [-0.15, -0.1) is 0 Å². The van der Waals surface area contributed by atoms with Crippen molar-refractivity contribution in [2.24, 2.45) is 0 Å². The number of nitrogens with zero attached hydrogens (tertiary/aromatic N) is 1. The summed E-state index contributed by atoms with van der Waals surface area (Å²) in [6.07, 6.45) is -2.61. The van der Waals surface area contributed by atoms with E-state index in [1.54, 1.807) is 22.6 Å². The third-order valence-corrected chi connectivity index (χ3v) is 2.09. The molecule has 1 rings (SSSR count). The first-order valence-corrected chi connectivity index (χ1v) is 4.37. The number of rotatable bonds is 1. The Bertz CT molecular complexity index is 306. The number of anilines is 1. The van der Waals surface area contributed by atoms with Gasteiger partial charge in [-0.05, 0) is 28.7 Å². The lowest BCUT2D eigenvalue weighted by molar-refractivity contribution is 0.152. The first kappa shape index (κ1) is 9.91. The molecule has 12 heavy (non-hydrogen) atoms. The summed E-state index contributed by atoms with van der Waals surface area (Å²) < 4.78 is 24.8. The van der Waals surface area contributed by atoms with Crippen molar-refractivity contribution in [3.8, 4) is 0 Å². The minimum Gasteiger partial charge on any atom is -0.396 e. The molecule has 0 aromatic carbocycles. The van der Waals surface area contributed by atoms with Gasteiger partial charge in [0.05, 0.1) is 5.69 Å². The Morgan fingerprint density at radius 2 is 2.17 bits per heavy atom. The van der Waals surface area contributed by atoms with E-state index >= 15 is 0 Å². The van der Waals surface area contributed by atoms with E-state index < -0.39 is 6.43 Å². The molecule has 0 aliphatic heterocycles. The van der Waals surface area contributed by atoms with E-state index in [0.717, 1.165) is 0 Å². The zero-order valence-corrected chi connectivity index (χ0v) is 8.60. The molecule has 0 aliphatic carbocycles. The highest BCUT2D eigenvalue weighted by atomic mass is 127. The summed E-state index contributed by atoms with van der Waals surface area (Å²) in [6, 6.07) is 1.21. The van der Waals surface area contributed by atoms with Crippen LogP contribution in [0, 0.1) is 3.70 Å². The molecule has 0 amide bonds. The molecule has 0 radical (unpaired) electrons. The molecule has 0 spiro atoms. The van der Waals surface area contributed by atoms with Gasteiger partial charge in [0.2, 0.25) is 0 Å². The van der Waals surface area contributed by atoms with Crippen molar-refractivity contribution >= 4 is 39.9 Å². The molecule has 66 valence electrons. The number of hydrogen-bond donors (Lipinski definition) is 1. The van der Waals surface area contributed by atoms with Crippen LogP contribution in [0.5, 0.6) is 0 Å². The van der Waals surface area contributed by atoms with Gasteiger partial charge < -0.3 is 5.73 Å². The van der Waals surface area contributed by atoms with E-state index in [-0.39, 0.29) is 16.4 Å². The van der Waals surface area contributed by atoms with Crippen molar-refractivity contribution < 1.29 is 8.78 Å². The quantitative estimate of drug-likeness (QED) is 0.640. The van der Waals surface area contributed by atoms with Gasteiger partial charge in [0.1, 0.15) is 3.70 Å². The third kappa shape index (κ3) is 1.95. The lowest BCUT2D eigenvalue weighted by Gasteiger charge is -2.05. The van der Waals surface area contributed by atoms with E-state index in [1.807, 2.05) is 0 Å². The molecule has 2 nitrogen and oxygen atoms in total. The van der Waals surface area contributed by atoms with Gasteiger partial charge in [-0.2, -0.15) is 0 Å². The molecule has 0 unspecified atom stereocenters. The monoisotopic (exact) mass is 304 g/mol. The summed E-state index contributed by atoms with van der Waals surface area (Å²) in [7, 11) is 0. The Morgan fingerprint density at radius 1 is 1.58 bits per heavy atom. The number of pyridine rings is 1. The molecule has 0 fully saturated rings. The second kappa shape index (κ2) is 3.69. The van der Waals surface area contributed by atoms with Crippen LogP contribution in [0.15, 0.2) is 6.07 Å². The number of aromatic nitrogens is 1. The van der Waals surface area contributed by atoms with Crippen LogP contribution < -0.4 is 5.73 Å². The SMILES string of the molecule is Nc1c(C(F)F)cc(I)nc1Cl. The minimum absolute atomic E-state index is 0.0720. The topological polar surface area (TPSA) is 38.9 Å². The van der Waals surface area contributed by atoms with Crippen LogP contribution in [-0.2, 0) is 0 Å². The molecule has 1 aromatic rings. The Balaban J connectivity index is 3.28. The van der Waals surface area contributed by atoms with Crippen molar-refractivity contribution in [3.63, 3.8) is 0 Å². The van der Waals surface area contributed by atoms with Crippen LogP contribution in [0.3, 0.4) is 0 Å². The smallest absolute Gasteiger partial charge is 0.266 e. The van der Waals surface area contributed by atoms with Gasteiger partial charge in [0.15, 0.2) is 5.15 Å². The zero-order chi connectivity index (χ0) is 9.30. The van der Waals surface area contributed by atoms with Gasteiger partial charge in [0.25, 0.3) is 6.43 Å². The van der Waals surface area contributed by atoms with Crippen molar-refractivity contribution in [1.29, 1.82) is 0 Å². The minimum atomic E-state index is -2.61. The first-order valence-electron chi connectivity index (χ1n) is 2.92. The van der Waals surface area contributed by atoms with Crippen LogP contribution in [0.2, 0.25) is 5.15 Å². The number of alkyl halides is 2. The van der Waals surface area contributed by atoms with E-state index in [4.69, 9.17) is 17.3 Å². The van der Waals surface area contributed by atoms with Gasteiger partial charge in [-0.1, -0.05) is 11.6 Å². The highest BCUT2D eigenvalue weighted by Crippen LogP contribution is 2.30. The van der Waals surface area contributed by atoms with Crippen LogP contribution in [0.25, 0.3) is 0 Å². The number of halogens is 4. The summed E-state index contributed by atoms with van der Waals surface area (Å²) in [5.41, 5.74) is 4.86. The maximum atomic E-state index is 12.2. The first-order chi connectivity index (χ1) is 5.52. The number of nitrogens with two attached hydrogens (primary N) is 1. The normalized spacial score (nSPS) is 10.8. The Hall–Kier alpha value is -0.170. The van der Waals surface area contributed by atoms with E-state index in [9.17, 15) is 8.78 Å². The number of hydrogen-bond acceptors (Lipinski definition) is 2. The third-order valence-electron chi connectivity index (χ3n) is 1.25. The van der Waals surface area contributed by atoms with Crippen LogP contribution in [0.1, 0.15) is 12.0 Å². The van der Waals surface area contributed by atoms with Gasteiger partial charge in [0, 0.05) is 5.56 Å². The molecule has 1 heterocycles. The summed E-state index contributed by atoms with van der Waals surface area (Å²) in [5.74, 6) is 0. The molecule has 0 saturated carbocycles. The van der Waals surface area contributed by atoms with Crippen LogP contribution >= 0.6 is 34.2 Å². The van der Waals surface area contributed by atoms with Gasteiger partial charge in [-0.3, -0.25) is 0 Å². The fraction of sp³-hybridized carbons (Fsp3) is 0.167. The highest BCUT2D eigenvalue weighted by Gasteiger charge is 2.15. The average molecular weight is 304 g/mol. The lowest BCUT2D eigenvalue weighted by Crippen LogP contribution is -1.99. The Labute approximate surface area is 86.3 Å². The van der Waals surface area contributed by atoms with Crippen molar-refractivity contribution in [1.82, 2.24) is 4.98 Å². The summed E-state index contributed by atoms with van der Waals surface area (Å²) in [6.45, 7) is 0. The van der Waals surface area contributed by atoms with Crippen molar-refractivity contribution in [2.75, 3.05) is 5.73 Å².